The van der Waals surface area contributed by atoms with Crippen LogP contribution in [0.15, 0.2) is 66.7 Å². The second-order valence-corrected chi connectivity index (χ2v) is 9.10. The molecule has 3 aromatic carbocycles. The molecule has 0 aromatic heterocycles. The van der Waals surface area contributed by atoms with Gasteiger partial charge in [0.15, 0.2) is 0 Å². The molecule has 4 N–H and O–H groups in total. The minimum Gasteiger partial charge on any atom is -0.462 e. The largest absolute Gasteiger partial charge is 0.462 e. The van der Waals surface area contributed by atoms with Gasteiger partial charge in [-0.1, -0.05) is 12.1 Å². The second kappa shape index (κ2) is 13.8. The highest BCUT2D eigenvalue weighted by Gasteiger charge is 2.56. The van der Waals surface area contributed by atoms with Crippen LogP contribution in [-0.4, -0.2) is 43.2 Å². The van der Waals surface area contributed by atoms with Gasteiger partial charge in [-0.3, -0.25) is 0 Å². The monoisotopic (exact) mass is 606 g/mol. The molecule has 0 aliphatic heterocycles. The fourth-order valence-corrected chi connectivity index (χ4v) is 3.67. The zero-order valence-corrected chi connectivity index (χ0v) is 22.8. The number of esters is 3. The molecule has 0 aliphatic carbocycles. The van der Waals surface area contributed by atoms with Crippen LogP contribution < -0.4 is 16.2 Å². The van der Waals surface area contributed by atoms with Gasteiger partial charge in [0.1, 0.15) is 5.75 Å². The molecule has 0 saturated heterocycles. The lowest BCUT2D eigenvalue weighted by Gasteiger charge is -2.19. The van der Waals surface area contributed by atoms with Gasteiger partial charge in [0.05, 0.1) is 29.9 Å². The summed E-state index contributed by atoms with van der Waals surface area (Å²) in [5.74, 6) is -7.08. The van der Waals surface area contributed by atoms with Crippen LogP contribution in [0.25, 0.3) is 11.6 Å². The zero-order chi connectivity index (χ0) is 31.8. The molecule has 228 valence electrons. The number of benzene rings is 3. The van der Waals surface area contributed by atoms with E-state index in [4.69, 9.17) is 25.7 Å². The van der Waals surface area contributed by atoms with Gasteiger partial charge in [-0.15, -0.1) is 0 Å². The maximum atomic E-state index is 12.9. The first-order chi connectivity index (χ1) is 20.2. The molecular weight excluding hydrogens is 579 g/mol. The summed E-state index contributed by atoms with van der Waals surface area (Å²) in [4.78, 5) is 37.3. The Morgan fingerprint density at radius 1 is 0.814 bits per heavy atom. The highest BCUT2D eigenvalue weighted by Crippen LogP contribution is 2.38. The van der Waals surface area contributed by atoms with Crippen molar-refractivity contribution < 1.29 is 50.5 Å². The Kier molecular flexibility index (Phi) is 10.5. The molecule has 8 nitrogen and oxygen atoms in total. The number of hydrogen-bond donors (Lipinski definition) is 2. The molecule has 0 fully saturated rings. The van der Waals surface area contributed by atoms with Crippen molar-refractivity contribution in [1.82, 2.24) is 0 Å². The number of carbonyl (C=O) groups is 3. The first-order valence-corrected chi connectivity index (χ1v) is 12.8. The summed E-state index contributed by atoms with van der Waals surface area (Å²) in [5, 5.41) is 0. The Morgan fingerprint density at radius 3 is 2.00 bits per heavy atom. The van der Waals surface area contributed by atoms with Crippen LogP contribution >= 0.6 is 0 Å². The molecule has 3 rings (SSSR count). The van der Waals surface area contributed by atoms with Crippen molar-refractivity contribution in [2.45, 2.75) is 31.9 Å². The van der Waals surface area contributed by atoms with Crippen LogP contribution in [-0.2, 0) is 14.3 Å². The van der Waals surface area contributed by atoms with E-state index >= 15 is 0 Å². The fourth-order valence-electron chi connectivity index (χ4n) is 3.67. The van der Waals surface area contributed by atoms with Crippen molar-refractivity contribution in [2.75, 3.05) is 24.7 Å². The Labute approximate surface area is 243 Å². The van der Waals surface area contributed by atoms with Crippen LogP contribution in [0.4, 0.5) is 33.3 Å². The lowest BCUT2D eigenvalue weighted by atomic mass is 10.00. The number of carbonyl (C=O) groups excluding carboxylic acids is 3. The van der Waals surface area contributed by atoms with E-state index in [0.717, 1.165) is 0 Å². The molecule has 0 heterocycles. The Morgan fingerprint density at radius 2 is 1.42 bits per heavy atom. The Bertz CT molecular complexity index is 1490. The van der Waals surface area contributed by atoms with E-state index in [-0.39, 0.29) is 34.7 Å². The molecule has 0 saturated carbocycles. The van der Waals surface area contributed by atoms with Crippen molar-refractivity contribution in [2.24, 2.45) is 0 Å². The number of nitrogens with two attached hydrogens (primary N) is 2. The average molecular weight is 607 g/mol. The van der Waals surface area contributed by atoms with E-state index in [1.807, 2.05) is 0 Å². The first-order valence-electron chi connectivity index (χ1n) is 12.8. The van der Waals surface area contributed by atoms with Crippen LogP contribution in [0.5, 0.6) is 5.75 Å². The number of anilines is 2. The minimum absolute atomic E-state index is 0.0299. The first kappa shape index (κ1) is 32.6. The van der Waals surface area contributed by atoms with Gasteiger partial charge in [0.25, 0.3) is 0 Å². The number of ether oxygens (including phenoxy) is 3. The van der Waals surface area contributed by atoms with Crippen molar-refractivity contribution in [3.8, 4) is 5.75 Å². The standard InChI is InChI=1S/C30H27F5N2O6/c1-2-41-28(40)24(23-13-10-21(36)17-25(23)37)16-18-4-6-20(7-5-18)27(39)43-22-11-8-19(9-12-22)26(38)42-15-3-14-29(31,32)30(33,34)35/h4-13,16-17H,2-3,14-15,36-37H2,1H3. The highest BCUT2D eigenvalue weighted by atomic mass is 19.4. The topological polar surface area (TPSA) is 131 Å². The molecule has 0 atom stereocenters. The third kappa shape index (κ3) is 8.77. The molecular formula is C30H27F5N2O6. The predicted octanol–water partition coefficient (Wildman–Crippen LogP) is 6.31. The van der Waals surface area contributed by atoms with E-state index in [0.29, 0.717) is 16.8 Å². The summed E-state index contributed by atoms with van der Waals surface area (Å²) in [7, 11) is 0. The summed E-state index contributed by atoms with van der Waals surface area (Å²) in [5.41, 5.74) is 13.8. The maximum absolute atomic E-state index is 12.9. The van der Waals surface area contributed by atoms with E-state index < -0.39 is 49.5 Å². The quantitative estimate of drug-likeness (QED) is 0.0494. The Hall–Kier alpha value is -4.94. The van der Waals surface area contributed by atoms with E-state index in [9.17, 15) is 36.3 Å². The van der Waals surface area contributed by atoms with Gasteiger partial charge in [-0.2, -0.15) is 22.0 Å². The lowest BCUT2D eigenvalue weighted by molar-refractivity contribution is -0.284. The number of halogens is 5. The van der Waals surface area contributed by atoms with E-state index in [2.05, 4.69) is 0 Å². The summed E-state index contributed by atoms with van der Waals surface area (Å²) in [6, 6.07) is 15.9. The van der Waals surface area contributed by atoms with Gasteiger partial charge in [-0.25, -0.2) is 14.4 Å². The smallest absolute Gasteiger partial charge is 0.453 e. The number of rotatable bonds is 11. The number of hydrogen-bond acceptors (Lipinski definition) is 8. The van der Waals surface area contributed by atoms with Gasteiger partial charge < -0.3 is 25.7 Å². The van der Waals surface area contributed by atoms with Crippen LogP contribution in [0.2, 0.25) is 0 Å². The minimum atomic E-state index is -5.68. The normalized spacial score (nSPS) is 12.0. The van der Waals surface area contributed by atoms with E-state index in [1.54, 1.807) is 37.3 Å². The summed E-state index contributed by atoms with van der Waals surface area (Å²) < 4.78 is 77.6. The third-order valence-electron chi connectivity index (χ3n) is 5.90. The molecule has 0 bridgehead atoms. The summed E-state index contributed by atoms with van der Waals surface area (Å²) in [6.45, 7) is 1.17. The van der Waals surface area contributed by atoms with Gasteiger partial charge in [0, 0.05) is 23.4 Å². The SMILES string of the molecule is CCOC(=O)C(=Cc1ccc(C(=O)Oc2ccc(C(=O)OCCCC(F)(F)C(F)(F)F)cc2)cc1)c1ccc(N)cc1N. The lowest BCUT2D eigenvalue weighted by Crippen LogP contribution is -2.36. The highest BCUT2D eigenvalue weighted by molar-refractivity contribution is 6.23. The molecule has 43 heavy (non-hydrogen) atoms. The molecule has 3 aromatic rings. The number of alkyl halides is 5. The zero-order valence-electron chi connectivity index (χ0n) is 22.8. The van der Waals surface area contributed by atoms with Crippen molar-refractivity contribution in [3.05, 3.63) is 89.0 Å². The average Bonchev–Trinajstić information content (AvgIpc) is 2.94. The van der Waals surface area contributed by atoms with Crippen molar-refractivity contribution in [1.29, 1.82) is 0 Å². The fraction of sp³-hybridized carbons (Fsp3) is 0.233. The van der Waals surface area contributed by atoms with Crippen molar-refractivity contribution in [3.63, 3.8) is 0 Å². The summed E-state index contributed by atoms with van der Waals surface area (Å²) >= 11 is 0. The molecule has 0 amide bonds. The maximum Gasteiger partial charge on any atom is 0.453 e. The van der Waals surface area contributed by atoms with Gasteiger partial charge in [-0.05, 0) is 79.6 Å². The van der Waals surface area contributed by atoms with Crippen molar-refractivity contribution >= 4 is 40.9 Å². The Balaban J connectivity index is 1.62. The van der Waals surface area contributed by atoms with E-state index in [1.165, 1.54) is 42.5 Å². The molecule has 0 radical (unpaired) electrons. The van der Waals surface area contributed by atoms with Crippen LogP contribution in [0, 0.1) is 0 Å². The van der Waals surface area contributed by atoms with Crippen LogP contribution in [0.1, 0.15) is 51.6 Å². The molecule has 0 aliphatic rings. The van der Waals surface area contributed by atoms with Crippen LogP contribution in [0.3, 0.4) is 0 Å². The van der Waals surface area contributed by atoms with Gasteiger partial charge >= 0.3 is 30.0 Å². The van der Waals surface area contributed by atoms with Gasteiger partial charge in [0.2, 0.25) is 0 Å². The molecule has 0 spiro atoms. The predicted molar refractivity (Wildman–Crippen MR) is 148 cm³/mol. The number of nitrogen functional groups attached to an aromatic ring is 2. The third-order valence-corrected chi connectivity index (χ3v) is 5.90. The summed E-state index contributed by atoms with van der Waals surface area (Å²) in [6.07, 6.45) is -6.33. The second-order valence-electron chi connectivity index (χ2n) is 9.10. The molecule has 13 heteroatoms. The molecule has 0 unspecified atom stereocenters.